The first-order chi connectivity index (χ1) is 8.04. The van der Waals surface area contributed by atoms with Crippen molar-refractivity contribution in [2.75, 3.05) is 12.0 Å². The molecule has 0 aromatic carbocycles. The average Bonchev–Trinajstić information content (AvgIpc) is 2.68. The standard InChI is InChI=1S/C11H17N5O/c1-11(2)6-3-7-16(11)10(17)8-4-5-9(13-12)15-14-8/h4-5H,3,6-7,12H2,1-2H3,(H,13,15). The predicted octanol–water partition coefficient (Wildman–Crippen LogP) is 0.777. The van der Waals surface area contributed by atoms with Crippen molar-refractivity contribution in [3.05, 3.63) is 17.8 Å². The van der Waals surface area contributed by atoms with Crippen LogP contribution < -0.4 is 11.3 Å². The number of carbonyl (C=O) groups excluding carboxylic acids is 1. The van der Waals surface area contributed by atoms with Crippen LogP contribution in [0.5, 0.6) is 0 Å². The van der Waals surface area contributed by atoms with Gasteiger partial charge in [-0.2, -0.15) is 0 Å². The van der Waals surface area contributed by atoms with E-state index in [1.54, 1.807) is 12.1 Å². The van der Waals surface area contributed by atoms with E-state index in [4.69, 9.17) is 5.84 Å². The van der Waals surface area contributed by atoms with Crippen molar-refractivity contribution in [2.45, 2.75) is 32.2 Å². The van der Waals surface area contributed by atoms with Gasteiger partial charge in [0.2, 0.25) is 0 Å². The van der Waals surface area contributed by atoms with E-state index in [0.29, 0.717) is 11.5 Å². The van der Waals surface area contributed by atoms with E-state index in [1.165, 1.54) is 0 Å². The monoisotopic (exact) mass is 235 g/mol. The van der Waals surface area contributed by atoms with Crippen LogP contribution in [-0.2, 0) is 0 Å². The molecule has 0 radical (unpaired) electrons. The molecular weight excluding hydrogens is 218 g/mol. The van der Waals surface area contributed by atoms with Crippen LogP contribution in [-0.4, -0.2) is 33.1 Å². The zero-order chi connectivity index (χ0) is 12.5. The number of nitrogens with one attached hydrogen (secondary N) is 1. The molecule has 0 unspecified atom stereocenters. The van der Waals surface area contributed by atoms with E-state index in [2.05, 4.69) is 29.5 Å². The number of nitrogens with two attached hydrogens (primary N) is 1. The molecule has 0 spiro atoms. The fourth-order valence-electron chi connectivity index (χ4n) is 2.15. The summed E-state index contributed by atoms with van der Waals surface area (Å²) < 4.78 is 0. The van der Waals surface area contributed by atoms with Gasteiger partial charge in [-0.1, -0.05) is 0 Å². The quantitative estimate of drug-likeness (QED) is 0.584. The number of hydrazine groups is 1. The van der Waals surface area contributed by atoms with E-state index < -0.39 is 0 Å². The third-order valence-corrected chi connectivity index (χ3v) is 3.18. The summed E-state index contributed by atoms with van der Waals surface area (Å²) in [5.74, 6) is 5.57. The van der Waals surface area contributed by atoms with Gasteiger partial charge in [-0.25, -0.2) is 5.84 Å². The van der Waals surface area contributed by atoms with Crippen molar-refractivity contribution < 1.29 is 4.79 Å². The first-order valence-corrected chi connectivity index (χ1v) is 5.67. The van der Waals surface area contributed by atoms with Crippen molar-refractivity contribution in [3.8, 4) is 0 Å². The Morgan fingerprint density at radius 2 is 2.24 bits per heavy atom. The topological polar surface area (TPSA) is 84.1 Å². The predicted molar refractivity (Wildman–Crippen MR) is 64.2 cm³/mol. The number of aromatic nitrogens is 2. The van der Waals surface area contributed by atoms with Gasteiger partial charge in [0.15, 0.2) is 11.5 Å². The van der Waals surface area contributed by atoms with Crippen LogP contribution in [0.3, 0.4) is 0 Å². The third kappa shape index (κ3) is 2.21. The number of hydrogen-bond donors (Lipinski definition) is 2. The molecule has 0 atom stereocenters. The third-order valence-electron chi connectivity index (χ3n) is 3.18. The van der Waals surface area contributed by atoms with Crippen LogP contribution in [0.25, 0.3) is 0 Å². The molecule has 6 heteroatoms. The Balaban J connectivity index is 2.19. The van der Waals surface area contributed by atoms with Gasteiger partial charge in [0.05, 0.1) is 0 Å². The maximum Gasteiger partial charge on any atom is 0.274 e. The number of nitrogens with zero attached hydrogens (tertiary/aromatic N) is 3. The number of nitrogen functional groups attached to an aromatic ring is 1. The largest absolute Gasteiger partial charge is 0.332 e. The second-order valence-electron chi connectivity index (χ2n) is 4.82. The Morgan fingerprint density at radius 1 is 1.47 bits per heavy atom. The van der Waals surface area contributed by atoms with Gasteiger partial charge in [0.1, 0.15) is 0 Å². The van der Waals surface area contributed by atoms with Gasteiger partial charge in [0.25, 0.3) is 5.91 Å². The van der Waals surface area contributed by atoms with E-state index >= 15 is 0 Å². The minimum atomic E-state index is -0.0937. The molecule has 2 rings (SSSR count). The van der Waals surface area contributed by atoms with Crippen molar-refractivity contribution in [3.63, 3.8) is 0 Å². The van der Waals surface area contributed by atoms with Crippen LogP contribution >= 0.6 is 0 Å². The lowest BCUT2D eigenvalue weighted by Crippen LogP contribution is -2.43. The number of amides is 1. The molecule has 1 aliphatic rings. The first kappa shape index (κ1) is 11.8. The molecule has 3 N–H and O–H groups in total. The highest BCUT2D eigenvalue weighted by atomic mass is 16.2. The minimum absolute atomic E-state index is 0.0661. The molecule has 0 saturated carbocycles. The molecule has 0 bridgehead atoms. The van der Waals surface area contributed by atoms with E-state index in [0.717, 1.165) is 19.4 Å². The number of likely N-dealkylation sites (tertiary alicyclic amines) is 1. The van der Waals surface area contributed by atoms with Gasteiger partial charge in [-0.3, -0.25) is 4.79 Å². The van der Waals surface area contributed by atoms with Crippen molar-refractivity contribution in [1.82, 2.24) is 15.1 Å². The van der Waals surface area contributed by atoms with Crippen molar-refractivity contribution in [2.24, 2.45) is 5.84 Å². The number of carbonyl (C=O) groups is 1. The molecule has 1 fully saturated rings. The van der Waals surface area contributed by atoms with Crippen LogP contribution in [0.15, 0.2) is 12.1 Å². The Morgan fingerprint density at radius 3 is 2.71 bits per heavy atom. The Kier molecular flexibility index (Phi) is 2.97. The van der Waals surface area contributed by atoms with Gasteiger partial charge in [-0.05, 0) is 38.8 Å². The van der Waals surface area contributed by atoms with E-state index in [1.807, 2.05) is 4.90 Å². The lowest BCUT2D eigenvalue weighted by molar-refractivity contribution is 0.0644. The van der Waals surface area contributed by atoms with Crippen molar-refractivity contribution >= 4 is 11.7 Å². The fraction of sp³-hybridized carbons (Fsp3) is 0.545. The minimum Gasteiger partial charge on any atom is -0.332 e. The Hall–Kier alpha value is -1.69. The number of hydrogen-bond acceptors (Lipinski definition) is 5. The molecule has 17 heavy (non-hydrogen) atoms. The zero-order valence-electron chi connectivity index (χ0n) is 10.1. The molecule has 1 saturated heterocycles. The average molecular weight is 235 g/mol. The summed E-state index contributed by atoms with van der Waals surface area (Å²) in [7, 11) is 0. The zero-order valence-corrected chi connectivity index (χ0v) is 10.1. The molecule has 1 aliphatic heterocycles. The van der Waals surface area contributed by atoms with Gasteiger partial charge in [0, 0.05) is 12.1 Å². The highest BCUT2D eigenvalue weighted by molar-refractivity contribution is 5.93. The lowest BCUT2D eigenvalue weighted by atomic mass is 10.0. The van der Waals surface area contributed by atoms with Crippen LogP contribution in [0, 0.1) is 0 Å². The summed E-state index contributed by atoms with van der Waals surface area (Å²) >= 11 is 0. The van der Waals surface area contributed by atoms with Gasteiger partial charge < -0.3 is 10.3 Å². The second kappa shape index (κ2) is 4.29. The molecule has 1 aromatic rings. The highest BCUT2D eigenvalue weighted by Gasteiger charge is 2.36. The molecule has 1 amide bonds. The molecule has 0 aliphatic carbocycles. The highest BCUT2D eigenvalue weighted by Crippen LogP contribution is 2.29. The Labute approximate surface area is 100 Å². The summed E-state index contributed by atoms with van der Waals surface area (Å²) in [5, 5.41) is 7.68. The summed E-state index contributed by atoms with van der Waals surface area (Å²) in [6, 6.07) is 3.28. The maximum atomic E-state index is 12.2. The lowest BCUT2D eigenvalue weighted by Gasteiger charge is -2.31. The van der Waals surface area contributed by atoms with E-state index in [9.17, 15) is 4.79 Å². The molecular formula is C11H17N5O. The van der Waals surface area contributed by atoms with Gasteiger partial charge >= 0.3 is 0 Å². The normalized spacial score (nSPS) is 18.2. The first-order valence-electron chi connectivity index (χ1n) is 5.67. The van der Waals surface area contributed by atoms with Crippen LogP contribution in [0.1, 0.15) is 37.2 Å². The summed E-state index contributed by atoms with van der Waals surface area (Å²) in [4.78, 5) is 14.1. The molecule has 1 aromatic heterocycles. The molecule has 92 valence electrons. The van der Waals surface area contributed by atoms with Crippen LogP contribution in [0.2, 0.25) is 0 Å². The summed E-state index contributed by atoms with van der Waals surface area (Å²) in [6.07, 6.45) is 2.06. The van der Waals surface area contributed by atoms with Gasteiger partial charge in [-0.15, -0.1) is 10.2 Å². The maximum absolute atomic E-state index is 12.2. The molecule has 2 heterocycles. The van der Waals surface area contributed by atoms with Crippen molar-refractivity contribution in [1.29, 1.82) is 0 Å². The Bertz CT molecular complexity index is 414. The smallest absolute Gasteiger partial charge is 0.274 e. The summed E-state index contributed by atoms with van der Waals surface area (Å²) in [5.41, 5.74) is 2.65. The second-order valence-corrected chi connectivity index (χ2v) is 4.82. The molecule has 6 nitrogen and oxygen atoms in total. The fourth-order valence-corrected chi connectivity index (χ4v) is 2.15. The number of anilines is 1. The van der Waals surface area contributed by atoms with E-state index in [-0.39, 0.29) is 11.4 Å². The summed E-state index contributed by atoms with van der Waals surface area (Å²) in [6.45, 7) is 4.92. The number of rotatable bonds is 2. The SMILES string of the molecule is CC1(C)CCCN1C(=O)c1ccc(NN)nn1. The van der Waals surface area contributed by atoms with Crippen LogP contribution in [0.4, 0.5) is 5.82 Å².